The summed E-state index contributed by atoms with van der Waals surface area (Å²) >= 11 is 0. The Morgan fingerprint density at radius 2 is 2.00 bits per heavy atom. The summed E-state index contributed by atoms with van der Waals surface area (Å²) in [4.78, 5) is 0.148. The lowest BCUT2D eigenvalue weighted by Gasteiger charge is -2.40. The molecule has 1 aromatic rings. The van der Waals surface area contributed by atoms with E-state index in [0.29, 0.717) is 12.3 Å². The van der Waals surface area contributed by atoms with Crippen LogP contribution >= 0.6 is 0 Å². The van der Waals surface area contributed by atoms with Gasteiger partial charge in [0.15, 0.2) is 0 Å². The zero-order chi connectivity index (χ0) is 15.5. The summed E-state index contributed by atoms with van der Waals surface area (Å²) in [5.74, 6) is 0. The first-order chi connectivity index (χ1) is 9.90. The third-order valence-electron chi connectivity index (χ3n) is 4.33. The maximum absolute atomic E-state index is 11.6. The van der Waals surface area contributed by atoms with Crippen LogP contribution in [-0.2, 0) is 14.8 Å². The molecule has 1 aromatic carbocycles. The number of nitrogens with two attached hydrogens (primary N) is 1. The Bertz CT molecular complexity index is 582. The minimum absolute atomic E-state index is 0.105. The normalized spacial score (nSPS) is 22.0. The van der Waals surface area contributed by atoms with Gasteiger partial charge in [-0.15, -0.1) is 0 Å². The molecule has 3 N–H and O–H groups in total. The molecule has 0 saturated carbocycles. The number of sulfonamides is 1. The number of anilines is 1. The number of hydrogen-bond donors (Lipinski definition) is 2. The van der Waals surface area contributed by atoms with Crippen molar-refractivity contribution in [2.45, 2.75) is 56.1 Å². The van der Waals surface area contributed by atoms with Gasteiger partial charge in [-0.05, 0) is 37.8 Å². The van der Waals surface area contributed by atoms with Crippen molar-refractivity contribution < 1.29 is 13.2 Å². The van der Waals surface area contributed by atoms with Crippen LogP contribution in [0, 0.1) is 0 Å². The van der Waals surface area contributed by atoms with Crippen molar-refractivity contribution in [2.75, 3.05) is 11.9 Å². The van der Waals surface area contributed by atoms with Gasteiger partial charge in [-0.2, -0.15) is 0 Å². The third-order valence-corrected chi connectivity index (χ3v) is 5.30. The van der Waals surface area contributed by atoms with Gasteiger partial charge in [0.25, 0.3) is 0 Å². The molecule has 1 unspecified atom stereocenters. The van der Waals surface area contributed by atoms with Crippen molar-refractivity contribution in [1.29, 1.82) is 0 Å². The molecule has 0 bridgehead atoms. The molecule has 1 fully saturated rings. The van der Waals surface area contributed by atoms with E-state index in [9.17, 15) is 8.42 Å². The number of benzene rings is 1. The highest BCUT2D eigenvalue weighted by Gasteiger charge is 2.34. The Kier molecular flexibility index (Phi) is 4.91. The van der Waals surface area contributed by atoms with Crippen LogP contribution in [0.2, 0.25) is 0 Å². The van der Waals surface area contributed by atoms with Gasteiger partial charge in [0.2, 0.25) is 10.0 Å². The van der Waals surface area contributed by atoms with E-state index in [4.69, 9.17) is 9.88 Å². The number of rotatable bonds is 5. The Labute approximate surface area is 126 Å². The van der Waals surface area contributed by atoms with Gasteiger partial charge >= 0.3 is 0 Å². The molecule has 0 spiro atoms. The van der Waals surface area contributed by atoms with E-state index >= 15 is 0 Å². The molecule has 0 amide bonds. The maximum atomic E-state index is 11.6. The first-order valence-corrected chi connectivity index (χ1v) is 8.97. The van der Waals surface area contributed by atoms with Crippen LogP contribution in [0.15, 0.2) is 29.2 Å². The summed E-state index contributed by atoms with van der Waals surface area (Å²) in [5, 5.41) is 8.62. The first kappa shape index (κ1) is 16.3. The molecule has 1 aliphatic heterocycles. The van der Waals surface area contributed by atoms with E-state index in [1.54, 1.807) is 12.1 Å². The van der Waals surface area contributed by atoms with Crippen LogP contribution in [0.4, 0.5) is 5.69 Å². The first-order valence-electron chi connectivity index (χ1n) is 7.42. The zero-order valence-corrected chi connectivity index (χ0v) is 13.4. The second-order valence-electron chi connectivity index (χ2n) is 5.61. The number of hydrogen-bond acceptors (Lipinski definition) is 4. The Morgan fingerprint density at radius 1 is 1.33 bits per heavy atom. The predicted octanol–water partition coefficient (Wildman–Crippen LogP) is 2.48. The molecule has 1 heterocycles. The standard InChI is InChI=1S/C15H24N2O3S/c1-3-15(4-2)11-12(9-10-20-15)17-13-7-5-6-8-14(13)21(16,18)19/h5-8,12,17H,3-4,9-11H2,1-2H3,(H2,16,18,19). The lowest BCUT2D eigenvalue weighted by molar-refractivity contribution is -0.0864. The van der Waals surface area contributed by atoms with Crippen molar-refractivity contribution in [2.24, 2.45) is 5.14 Å². The Hall–Kier alpha value is -1.11. The molecule has 5 nitrogen and oxygen atoms in total. The van der Waals surface area contributed by atoms with Crippen molar-refractivity contribution in [3.8, 4) is 0 Å². The van der Waals surface area contributed by atoms with Crippen LogP contribution < -0.4 is 10.5 Å². The number of nitrogens with one attached hydrogen (secondary N) is 1. The van der Waals surface area contributed by atoms with Crippen molar-refractivity contribution in [3.63, 3.8) is 0 Å². The molecule has 118 valence electrons. The summed E-state index contributed by atoms with van der Waals surface area (Å²) in [5.41, 5.74) is 0.472. The van der Waals surface area contributed by atoms with Gasteiger partial charge in [-0.3, -0.25) is 0 Å². The molecule has 0 aromatic heterocycles. The molecule has 1 aliphatic rings. The lowest BCUT2D eigenvalue weighted by Crippen LogP contribution is -2.43. The smallest absolute Gasteiger partial charge is 0.240 e. The SMILES string of the molecule is CCC1(CC)CC(Nc2ccccc2S(N)(=O)=O)CCO1. The van der Waals surface area contributed by atoms with Crippen LogP contribution in [0.25, 0.3) is 0 Å². The van der Waals surface area contributed by atoms with Crippen molar-refractivity contribution in [1.82, 2.24) is 0 Å². The maximum Gasteiger partial charge on any atom is 0.240 e. The van der Waals surface area contributed by atoms with Gasteiger partial charge in [-0.1, -0.05) is 26.0 Å². The summed E-state index contributed by atoms with van der Waals surface area (Å²) in [6, 6.07) is 6.97. The topological polar surface area (TPSA) is 81.4 Å². The highest BCUT2D eigenvalue weighted by Crippen LogP contribution is 2.33. The molecular weight excluding hydrogens is 288 g/mol. The summed E-state index contributed by atoms with van der Waals surface area (Å²) in [6.07, 6.45) is 3.65. The van der Waals surface area contributed by atoms with Gasteiger partial charge in [0.1, 0.15) is 4.90 Å². The van der Waals surface area contributed by atoms with Crippen molar-refractivity contribution in [3.05, 3.63) is 24.3 Å². The van der Waals surface area contributed by atoms with E-state index in [0.717, 1.165) is 25.7 Å². The molecule has 1 atom stereocenters. The minimum atomic E-state index is -3.72. The van der Waals surface area contributed by atoms with Gasteiger partial charge in [0.05, 0.1) is 11.3 Å². The molecule has 21 heavy (non-hydrogen) atoms. The predicted molar refractivity (Wildman–Crippen MR) is 83.7 cm³/mol. The fourth-order valence-corrected chi connectivity index (χ4v) is 3.65. The molecule has 0 aliphatic carbocycles. The minimum Gasteiger partial charge on any atom is -0.381 e. The zero-order valence-electron chi connectivity index (χ0n) is 12.6. The van der Waals surface area contributed by atoms with E-state index in [-0.39, 0.29) is 16.5 Å². The van der Waals surface area contributed by atoms with Crippen LogP contribution in [-0.4, -0.2) is 26.7 Å². The van der Waals surface area contributed by atoms with Crippen LogP contribution in [0.1, 0.15) is 39.5 Å². The van der Waals surface area contributed by atoms with Gasteiger partial charge < -0.3 is 10.1 Å². The Morgan fingerprint density at radius 3 is 2.62 bits per heavy atom. The second-order valence-corrected chi connectivity index (χ2v) is 7.14. The van der Waals surface area contributed by atoms with Crippen molar-refractivity contribution >= 4 is 15.7 Å². The molecule has 1 saturated heterocycles. The quantitative estimate of drug-likeness (QED) is 0.875. The fraction of sp³-hybridized carbons (Fsp3) is 0.600. The van der Waals surface area contributed by atoms with Gasteiger partial charge in [-0.25, -0.2) is 13.6 Å². The van der Waals surface area contributed by atoms with Crippen LogP contribution in [0.5, 0.6) is 0 Å². The summed E-state index contributed by atoms with van der Waals surface area (Å²) in [6.45, 7) is 4.95. The largest absolute Gasteiger partial charge is 0.381 e. The molecule has 2 rings (SSSR count). The summed E-state index contributed by atoms with van der Waals surface area (Å²) < 4.78 is 29.2. The molecule has 6 heteroatoms. The van der Waals surface area contributed by atoms with Crippen LogP contribution in [0.3, 0.4) is 0 Å². The number of primary sulfonamides is 1. The highest BCUT2D eigenvalue weighted by molar-refractivity contribution is 7.89. The van der Waals surface area contributed by atoms with E-state index in [1.165, 1.54) is 6.07 Å². The van der Waals surface area contributed by atoms with E-state index in [2.05, 4.69) is 19.2 Å². The average Bonchev–Trinajstić information content (AvgIpc) is 2.47. The fourth-order valence-electron chi connectivity index (χ4n) is 2.95. The lowest BCUT2D eigenvalue weighted by atomic mass is 9.86. The summed E-state index contributed by atoms with van der Waals surface area (Å²) in [7, 11) is -3.72. The number of para-hydroxylation sites is 1. The average molecular weight is 312 g/mol. The van der Waals surface area contributed by atoms with E-state index < -0.39 is 10.0 Å². The third kappa shape index (κ3) is 3.75. The Balaban J connectivity index is 2.19. The monoisotopic (exact) mass is 312 g/mol. The highest BCUT2D eigenvalue weighted by atomic mass is 32.2. The molecule has 0 radical (unpaired) electrons. The van der Waals surface area contributed by atoms with E-state index in [1.807, 2.05) is 6.07 Å². The second kappa shape index (κ2) is 6.34. The molecular formula is C15H24N2O3S. The number of ether oxygens (including phenoxy) is 1. The van der Waals surface area contributed by atoms with Gasteiger partial charge in [0, 0.05) is 12.6 Å².